The number of aromatic nitrogens is 1. The SMILES string of the molecule is COc1cc2c(cc1OCCCN1CCC(c3onc4cc(F)ccc34)CC1)CCCC2=O. The van der Waals surface area contributed by atoms with Gasteiger partial charge in [0, 0.05) is 35.9 Å². The number of ether oxygens (including phenoxy) is 2. The van der Waals surface area contributed by atoms with E-state index in [0.29, 0.717) is 30.2 Å². The highest BCUT2D eigenvalue weighted by Gasteiger charge is 2.26. The summed E-state index contributed by atoms with van der Waals surface area (Å²) >= 11 is 0. The summed E-state index contributed by atoms with van der Waals surface area (Å²) in [5, 5.41) is 4.95. The first-order valence-corrected chi connectivity index (χ1v) is 11.8. The van der Waals surface area contributed by atoms with Gasteiger partial charge in [0.2, 0.25) is 0 Å². The van der Waals surface area contributed by atoms with E-state index in [-0.39, 0.29) is 11.6 Å². The van der Waals surface area contributed by atoms with Gasteiger partial charge >= 0.3 is 0 Å². The highest BCUT2D eigenvalue weighted by Crippen LogP contribution is 2.35. The monoisotopic (exact) mass is 452 g/mol. The van der Waals surface area contributed by atoms with Crippen molar-refractivity contribution in [1.29, 1.82) is 0 Å². The lowest BCUT2D eigenvalue weighted by molar-refractivity contribution is 0.0972. The molecule has 1 aliphatic carbocycles. The Labute approximate surface area is 192 Å². The molecular weight excluding hydrogens is 423 g/mol. The molecule has 1 fully saturated rings. The summed E-state index contributed by atoms with van der Waals surface area (Å²) in [6.07, 6.45) is 5.32. The van der Waals surface area contributed by atoms with E-state index in [1.807, 2.05) is 12.1 Å². The maximum atomic E-state index is 13.4. The number of halogens is 1. The first-order valence-electron chi connectivity index (χ1n) is 11.8. The third-order valence-electron chi connectivity index (χ3n) is 6.84. The number of fused-ring (bicyclic) bond motifs is 2. The van der Waals surface area contributed by atoms with E-state index < -0.39 is 0 Å². The number of hydrogen-bond donors (Lipinski definition) is 0. The molecule has 0 bridgehead atoms. The van der Waals surface area contributed by atoms with Crippen LogP contribution in [0.1, 0.15) is 59.7 Å². The zero-order chi connectivity index (χ0) is 22.8. The minimum atomic E-state index is -0.291. The van der Waals surface area contributed by atoms with E-state index in [1.165, 1.54) is 12.1 Å². The lowest BCUT2D eigenvalue weighted by Crippen LogP contribution is -2.34. The van der Waals surface area contributed by atoms with E-state index in [4.69, 9.17) is 14.0 Å². The normalized spacial score (nSPS) is 17.3. The molecule has 7 heteroatoms. The predicted molar refractivity (Wildman–Crippen MR) is 123 cm³/mol. The van der Waals surface area contributed by atoms with Gasteiger partial charge in [0.05, 0.1) is 13.7 Å². The number of benzene rings is 2. The number of Topliss-reactive ketones (excluding diaryl/α,β-unsaturated/α-hetero) is 1. The predicted octanol–water partition coefficient (Wildman–Crippen LogP) is 5.14. The highest BCUT2D eigenvalue weighted by molar-refractivity contribution is 5.99. The fourth-order valence-corrected chi connectivity index (χ4v) is 5.03. The molecule has 0 saturated carbocycles. The van der Waals surface area contributed by atoms with Crippen molar-refractivity contribution in [3.05, 3.63) is 53.0 Å². The third-order valence-corrected chi connectivity index (χ3v) is 6.84. The van der Waals surface area contributed by atoms with Crippen molar-refractivity contribution in [3.63, 3.8) is 0 Å². The van der Waals surface area contributed by atoms with Crippen LogP contribution in [0.3, 0.4) is 0 Å². The third kappa shape index (κ3) is 4.60. The fourth-order valence-electron chi connectivity index (χ4n) is 5.03. The van der Waals surface area contributed by atoms with Crippen molar-refractivity contribution in [3.8, 4) is 11.5 Å². The number of aryl methyl sites for hydroxylation is 1. The number of likely N-dealkylation sites (tertiary alicyclic amines) is 1. The highest BCUT2D eigenvalue weighted by atomic mass is 19.1. The minimum Gasteiger partial charge on any atom is -0.493 e. The molecule has 0 spiro atoms. The van der Waals surface area contributed by atoms with Crippen molar-refractivity contribution in [1.82, 2.24) is 10.1 Å². The second-order valence-electron chi connectivity index (χ2n) is 8.96. The number of rotatable bonds is 7. The summed E-state index contributed by atoms with van der Waals surface area (Å²) in [4.78, 5) is 14.6. The molecule has 1 aromatic heterocycles. The van der Waals surface area contributed by atoms with Crippen LogP contribution in [-0.2, 0) is 6.42 Å². The van der Waals surface area contributed by atoms with Crippen molar-refractivity contribution in [2.75, 3.05) is 33.4 Å². The van der Waals surface area contributed by atoms with E-state index in [9.17, 15) is 9.18 Å². The van der Waals surface area contributed by atoms with Crippen molar-refractivity contribution in [2.24, 2.45) is 0 Å². The number of carbonyl (C=O) groups is 1. The average Bonchev–Trinajstić information content (AvgIpc) is 3.25. The molecule has 2 aromatic carbocycles. The second kappa shape index (κ2) is 9.51. The van der Waals surface area contributed by atoms with Crippen LogP contribution in [-0.4, -0.2) is 49.2 Å². The molecule has 174 valence electrons. The van der Waals surface area contributed by atoms with Crippen molar-refractivity contribution >= 4 is 16.7 Å². The summed E-state index contributed by atoms with van der Waals surface area (Å²) in [7, 11) is 1.61. The number of ketones is 1. The van der Waals surface area contributed by atoms with E-state index in [1.54, 1.807) is 13.2 Å². The Morgan fingerprint density at radius 1 is 1.15 bits per heavy atom. The molecule has 2 heterocycles. The van der Waals surface area contributed by atoms with Gasteiger partial charge in [0.25, 0.3) is 0 Å². The van der Waals surface area contributed by atoms with Crippen molar-refractivity contribution < 1.29 is 23.2 Å². The van der Waals surface area contributed by atoms with Crippen LogP contribution in [0.25, 0.3) is 10.9 Å². The van der Waals surface area contributed by atoms with Crippen LogP contribution < -0.4 is 9.47 Å². The summed E-state index contributed by atoms with van der Waals surface area (Å²) in [5.74, 6) is 2.44. The molecule has 1 saturated heterocycles. The van der Waals surface area contributed by atoms with Crippen molar-refractivity contribution in [2.45, 2.75) is 44.4 Å². The first kappa shape index (κ1) is 21.9. The lowest BCUT2D eigenvalue weighted by atomic mass is 9.90. The average molecular weight is 453 g/mol. The minimum absolute atomic E-state index is 0.190. The Hall–Kier alpha value is -2.93. The zero-order valence-corrected chi connectivity index (χ0v) is 18.9. The molecular formula is C26H29FN2O4. The summed E-state index contributed by atoms with van der Waals surface area (Å²) in [5.41, 5.74) is 2.43. The quantitative estimate of drug-likeness (QED) is 0.463. The largest absolute Gasteiger partial charge is 0.493 e. The topological polar surface area (TPSA) is 64.8 Å². The fraction of sp³-hybridized carbons (Fsp3) is 0.462. The molecule has 0 radical (unpaired) electrons. The van der Waals surface area contributed by atoms with Gasteiger partial charge in [0.15, 0.2) is 17.3 Å². The lowest BCUT2D eigenvalue weighted by Gasteiger charge is -2.30. The summed E-state index contributed by atoms with van der Waals surface area (Å²) in [6, 6.07) is 8.47. The van der Waals surface area contributed by atoms with E-state index in [0.717, 1.165) is 79.8 Å². The Morgan fingerprint density at radius 2 is 2.00 bits per heavy atom. The van der Waals surface area contributed by atoms with Gasteiger partial charge in [0.1, 0.15) is 17.1 Å². The molecule has 0 atom stereocenters. The van der Waals surface area contributed by atoms with Crippen LogP contribution >= 0.6 is 0 Å². The molecule has 3 aromatic rings. The van der Waals surface area contributed by atoms with Crippen LogP contribution in [0, 0.1) is 5.82 Å². The Morgan fingerprint density at radius 3 is 2.82 bits per heavy atom. The molecule has 33 heavy (non-hydrogen) atoms. The van der Waals surface area contributed by atoms with E-state index in [2.05, 4.69) is 10.1 Å². The maximum Gasteiger partial charge on any atom is 0.163 e. The maximum absolute atomic E-state index is 13.4. The number of nitrogens with zero attached hydrogens (tertiary/aromatic N) is 2. The zero-order valence-electron chi connectivity index (χ0n) is 18.9. The Balaban J connectivity index is 1.11. The standard InChI is InChI=1S/C26H29FN2O4/c1-31-24-16-21-18(4-2-5-23(21)30)14-25(24)32-13-3-10-29-11-8-17(9-12-29)26-20-7-6-19(27)15-22(20)28-33-26/h6-7,14-17H,2-5,8-13H2,1H3. The Kier molecular flexibility index (Phi) is 6.31. The van der Waals surface area contributed by atoms with Gasteiger partial charge in [-0.25, -0.2) is 4.39 Å². The van der Waals surface area contributed by atoms with Crippen LogP contribution in [0.4, 0.5) is 4.39 Å². The number of methoxy groups -OCH3 is 1. The van der Waals surface area contributed by atoms with Gasteiger partial charge in [-0.2, -0.15) is 0 Å². The first-order chi connectivity index (χ1) is 16.1. The number of hydrogen-bond acceptors (Lipinski definition) is 6. The summed E-state index contributed by atoms with van der Waals surface area (Å²) < 4.78 is 30.5. The number of piperidine rings is 1. The van der Waals surface area contributed by atoms with Gasteiger partial charge in [-0.1, -0.05) is 5.16 Å². The smallest absolute Gasteiger partial charge is 0.163 e. The molecule has 1 aliphatic heterocycles. The van der Waals surface area contributed by atoms with E-state index >= 15 is 0 Å². The van der Waals surface area contributed by atoms with Crippen LogP contribution in [0.15, 0.2) is 34.9 Å². The molecule has 5 rings (SSSR count). The molecule has 0 N–H and O–H groups in total. The van der Waals surface area contributed by atoms with Gasteiger partial charge in [-0.05, 0) is 75.0 Å². The molecule has 0 amide bonds. The molecule has 2 aliphatic rings. The van der Waals surface area contributed by atoms with Gasteiger partial charge in [-0.3, -0.25) is 4.79 Å². The number of carbonyl (C=O) groups excluding carboxylic acids is 1. The molecule has 6 nitrogen and oxygen atoms in total. The molecule has 0 unspecified atom stereocenters. The van der Waals surface area contributed by atoms with Gasteiger partial charge in [-0.15, -0.1) is 0 Å². The van der Waals surface area contributed by atoms with Crippen LogP contribution in [0.5, 0.6) is 11.5 Å². The van der Waals surface area contributed by atoms with Gasteiger partial charge < -0.3 is 18.9 Å². The second-order valence-corrected chi connectivity index (χ2v) is 8.96. The summed E-state index contributed by atoms with van der Waals surface area (Å²) in [6.45, 7) is 3.53. The van der Waals surface area contributed by atoms with Crippen LogP contribution in [0.2, 0.25) is 0 Å². The Bertz CT molecular complexity index is 1150.